The Kier molecular flexibility index (Phi) is 7.26. The summed E-state index contributed by atoms with van der Waals surface area (Å²) >= 11 is 0. The standard InChI is InChI=1S/C24H31N3O/c1-3-4-5-9-15-22(25)24-26-23(20-13-10-14-21(16-20)28-2)18-27(24)17-19-11-7-6-8-12-19/h6-8,10-14,16,18,22H,3-5,9,15,17,25H2,1-2H3. The smallest absolute Gasteiger partial charge is 0.126 e. The van der Waals surface area contributed by atoms with Gasteiger partial charge in [-0.05, 0) is 24.1 Å². The number of nitrogens with zero attached hydrogens (tertiary/aromatic N) is 2. The molecule has 0 aliphatic rings. The van der Waals surface area contributed by atoms with Gasteiger partial charge in [0.15, 0.2) is 0 Å². The van der Waals surface area contributed by atoms with Crippen LogP contribution in [0.4, 0.5) is 0 Å². The molecule has 0 saturated heterocycles. The van der Waals surface area contributed by atoms with E-state index in [2.05, 4.69) is 48.0 Å². The van der Waals surface area contributed by atoms with Crippen LogP contribution in [0.15, 0.2) is 60.8 Å². The summed E-state index contributed by atoms with van der Waals surface area (Å²) in [7, 11) is 1.69. The summed E-state index contributed by atoms with van der Waals surface area (Å²) < 4.78 is 7.58. The fourth-order valence-electron chi connectivity index (χ4n) is 3.47. The minimum atomic E-state index is -0.0556. The number of hydrogen-bond donors (Lipinski definition) is 1. The molecular weight excluding hydrogens is 346 g/mol. The van der Waals surface area contributed by atoms with Crippen molar-refractivity contribution in [2.45, 2.75) is 51.6 Å². The molecule has 0 bridgehead atoms. The van der Waals surface area contributed by atoms with Gasteiger partial charge in [0, 0.05) is 18.3 Å². The third-order valence-electron chi connectivity index (χ3n) is 5.07. The van der Waals surface area contributed by atoms with Crippen molar-refractivity contribution >= 4 is 0 Å². The molecule has 148 valence electrons. The van der Waals surface area contributed by atoms with Crippen LogP contribution in [0.3, 0.4) is 0 Å². The van der Waals surface area contributed by atoms with Crippen LogP contribution < -0.4 is 10.5 Å². The normalized spacial score (nSPS) is 12.1. The van der Waals surface area contributed by atoms with Gasteiger partial charge in [-0.1, -0.05) is 75.1 Å². The van der Waals surface area contributed by atoms with Gasteiger partial charge in [-0.3, -0.25) is 0 Å². The van der Waals surface area contributed by atoms with Gasteiger partial charge in [0.25, 0.3) is 0 Å². The molecule has 0 aliphatic heterocycles. The van der Waals surface area contributed by atoms with Crippen molar-refractivity contribution in [1.29, 1.82) is 0 Å². The molecular formula is C24H31N3O. The van der Waals surface area contributed by atoms with Crippen molar-refractivity contribution < 1.29 is 4.74 Å². The molecule has 4 nitrogen and oxygen atoms in total. The molecule has 2 aromatic carbocycles. The maximum Gasteiger partial charge on any atom is 0.126 e. The lowest BCUT2D eigenvalue weighted by Gasteiger charge is -2.14. The van der Waals surface area contributed by atoms with E-state index in [-0.39, 0.29) is 6.04 Å². The quantitative estimate of drug-likeness (QED) is 0.469. The molecule has 3 aromatic rings. The fraction of sp³-hybridized carbons (Fsp3) is 0.375. The highest BCUT2D eigenvalue weighted by Gasteiger charge is 2.17. The van der Waals surface area contributed by atoms with E-state index in [4.69, 9.17) is 15.5 Å². The fourth-order valence-corrected chi connectivity index (χ4v) is 3.47. The van der Waals surface area contributed by atoms with Gasteiger partial charge in [-0.25, -0.2) is 4.98 Å². The number of rotatable bonds is 10. The zero-order valence-electron chi connectivity index (χ0n) is 17.0. The summed E-state index contributed by atoms with van der Waals surface area (Å²) in [6.07, 6.45) is 7.94. The highest BCUT2D eigenvalue weighted by molar-refractivity contribution is 5.61. The average Bonchev–Trinajstić information content (AvgIpc) is 3.16. The van der Waals surface area contributed by atoms with E-state index in [1.165, 1.54) is 24.8 Å². The Morgan fingerprint density at radius 1 is 1.04 bits per heavy atom. The largest absolute Gasteiger partial charge is 0.497 e. The monoisotopic (exact) mass is 377 g/mol. The Hall–Kier alpha value is -2.59. The first-order valence-electron chi connectivity index (χ1n) is 10.2. The van der Waals surface area contributed by atoms with Gasteiger partial charge in [-0.15, -0.1) is 0 Å². The molecule has 4 heteroatoms. The predicted octanol–water partition coefficient (Wildman–Crippen LogP) is 5.58. The van der Waals surface area contributed by atoms with Crippen LogP contribution >= 0.6 is 0 Å². The molecule has 3 rings (SSSR count). The van der Waals surface area contributed by atoms with E-state index >= 15 is 0 Å². The second-order valence-corrected chi connectivity index (χ2v) is 7.29. The second-order valence-electron chi connectivity index (χ2n) is 7.29. The minimum absolute atomic E-state index is 0.0556. The lowest BCUT2D eigenvalue weighted by atomic mass is 10.1. The molecule has 0 spiro atoms. The molecule has 0 saturated carbocycles. The summed E-state index contributed by atoms with van der Waals surface area (Å²) in [6.45, 7) is 3.00. The minimum Gasteiger partial charge on any atom is -0.497 e. The van der Waals surface area contributed by atoms with Crippen LogP contribution in [0, 0.1) is 0 Å². The molecule has 2 N–H and O–H groups in total. The zero-order chi connectivity index (χ0) is 19.8. The number of aromatic nitrogens is 2. The van der Waals surface area contributed by atoms with E-state index in [1.54, 1.807) is 7.11 Å². The van der Waals surface area contributed by atoms with Gasteiger partial charge in [-0.2, -0.15) is 0 Å². The molecule has 28 heavy (non-hydrogen) atoms. The van der Waals surface area contributed by atoms with Crippen molar-refractivity contribution in [3.8, 4) is 17.0 Å². The first-order valence-corrected chi connectivity index (χ1v) is 10.2. The van der Waals surface area contributed by atoms with E-state index in [0.717, 1.165) is 42.2 Å². The van der Waals surface area contributed by atoms with Crippen LogP contribution in [0.5, 0.6) is 5.75 Å². The number of benzene rings is 2. The summed E-state index contributed by atoms with van der Waals surface area (Å²) in [5.74, 6) is 1.79. The summed E-state index contributed by atoms with van der Waals surface area (Å²) in [4.78, 5) is 4.93. The number of nitrogens with two attached hydrogens (primary N) is 1. The van der Waals surface area contributed by atoms with E-state index < -0.39 is 0 Å². The van der Waals surface area contributed by atoms with Crippen molar-refractivity contribution in [3.63, 3.8) is 0 Å². The lowest BCUT2D eigenvalue weighted by molar-refractivity contribution is 0.415. The number of ether oxygens (including phenoxy) is 1. The van der Waals surface area contributed by atoms with E-state index in [9.17, 15) is 0 Å². The van der Waals surface area contributed by atoms with Crippen molar-refractivity contribution in [2.75, 3.05) is 7.11 Å². The van der Waals surface area contributed by atoms with E-state index in [1.807, 2.05) is 24.3 Å². The molecule has 0 fully saturated rings. The Labute approximate surface area is 168 Å². The van der Waals surface area contributed by atoms with E-state index in [0.29, 0.717) is 0 Å². The van der Waals surface area contributed by atoms with Crippen LogP contribution in [0.2, 0.25) is 0 Å². The summed E-state index contributed by atoms with van der Waals surface area (Å²) in [5.41, 5.74) is 9.80. The van der Waals surface area contributed by atoms with Crippen LogP contribution in [0.1, 0.15) is 56.5 Å². The van der Waals surface area contributed by atoms with Crippen LogP contribution in [-0.2, 0) is 6.54 Å². The summed E-state index contributed by atoms with van der Waals surface area (Å²) in [6, 6.07) is 18.4. The van der Waals surface area contributed by atoms with Gasteiger partial charge >= 0.3 is 0 Å². The molecule has 1 unspecified atom stereocenters. The maximum atomic E-state index is 6.57. The Balaban J connectivity index is 1.87. The highest BCUT2D eigenvalue weighted by Crippen LogP contribution is 2.27. The second kappa shape index (κ2) is 10.1. The van der Waals surface area contributed by atoms with Crippen LogP contribution in [-0.4, -0.2) is 16.7 Å². The van der Waals surface area contributed by atoms with Crippen molar-refractivity contribution in [3.05, 3.63) is 72.2 Å². The topological polar surface area (TPSA) is 53.1 Å². The van der Waals surface area contributed by atoms with Gasteiger partial charge in [0.1, 0.15) is 11.6 Å². The maximum absolute atomic E-state index is 6.57. The Morgan fingerprint density at radius 3 is 2.61 bits per heavy atom. The molecule has 1 atom stereocenters. The Bertz CT molecular complexity index is 857. The number of imidazole rings is 1. The third kappa shape index (κ3) is 5.23. The molecule has 0 radical (unpaired) electrons. The van der Waals surface area contributed by atoms with Crippen LogP contribution in [0.25, 0.3) is 11.3 Å². The highest BCUT2D eigenvalue weighted by atomic mass is 16.5. The molecule has 0 aliphatic carbocycles. The number of methoxy groups -OCH3 is 1. The first-order chi connectivity index (χ1) is 13.7. The molecule has 0 amide bonds. The third-order valence-corrected chi connectivity index (χ3v) is 5.07. The SMILES string of the molecule is CCCCCCC(N)c1nc(-c2cccc(OC)c2)cn1Cc1ccccc1. The average molecular weight is 378 g/mol. The first kappa shape index (κ1) is 20.2. The van der Waals surface area contributed by atoms with Gasteiger partial charge in [0.05, 0.1) is 18.8 Å². The van der Waals surface area contributed by atoms with Gasteiger partial charge in [0.2, 0.25) is 0 Å². The molecule has 1 aromatic heterocycles. The molecule has 1 heterocycles. The predicted molar refractivity (Wildman–Crippen MR) is 115 cm³/mol. The van der Waals surface area contributed by atoms with Crippen molar-refractivity contribution in [2.24, 2.45) is 5.73 Å². The lowest BCUT2D eigenvalue weighted by Crippen LogP contribution is -2.17. The summed E-state index contributed by atoms with van der Waals surface area (Å²) in [5, 5.41) is 0. The number of hydrogen-bond acceptors (Lipinski definition) is 3. The Morgan fingerprint density at radius 2 is 1.86 bits per heavy atom. The number of unbranched alkanes of at least 4 members (excludes halogenated alkanes) is 3. The van der Waals surface area contributed by atoms with Gasteiger partial charge < -0.3 is 15.0 Å². The zero-order valence-corrected chi connectivity index (χ0v) is 17.0. The van der Waals surface area contributed by atoms with Crippen molar-refractivity contribution in [1.82, 2.24) is 9.55 Å².